The van der Waals surface area contributed by atoms with Crippen molar-refractivity contribution in [2.45, 2.75) is 6.61 Å². The van der Waals surface area contributed by atoms with Crippen LogP contribution in [0.3, 0.4) is 0 Å². The summed E-state index contributed by atoms with van der Waals surface area (Å²) in [6.45, 7) is 0.530. The first-order valence-electron chi connectivity index (χ1n) is 10.0. The third-order valence-corrected chi connectivity index (χ3v) is 5.33. The number of aromatic nitrogens is 2. The molecule has 0 aromatic heterocycles. The second-order valence-electron chi connectivity index (χ2n) is 7.28. The number of methoxy groups -OCH3 is 2. The third kappa shape index (κ3) is 3.64. The summed E-state index contributed by atoms with van der Waals surface area (Å²) in [6.07, 6.45) is 0. The van der Waals surface area contributed by atoms with Crippen molar-refractivity contribution < 1.29 is 14.2 Å². The van der Waals surface area contributed by atoms with Crippen molar-refractivity contribution in [3.8, 4) is 28.5 Å². The molecule has 3 N–H and O–H groups in total. The Morgan fingerprint density at radius 1 is 0.806 bits per heavy atom. The van der Waals surface area contributed by atoms with E-state index in [1.54, 1.807) is 14.2 Å². The second-order valence-corrected chi connectivity index (χ2v) is 7.28. The number of aromatic amines is 2. The van der Waals surface area contributed by atoms with Crippen molar-refractivity contribution in [3.63, 3.8) is 0 Å². The molecule has 0 spiro atoms. The molecule has 0 amide bonds. The lowest BCUT2D eigenvalue weighted by molar-refractivity contribution is 0.306. The van der Waals surface area contributed by atoms with Crippen molar-refractivity contribution >= 4 is 22.3 Å². The van der Waals surface area contributed by atoms with E-state index in [0.29, 0.717) is 18.1 Å². The van der Waals surface area contributed by atoms with Crippen molar-refractivity contribution in [1.29, 1.82) is 0 Å². The van der Waals surface area contributed by atoms with Crippen LogP contribution in [-0.2, 0) is 6.61 Å². The van der Waals surface area contributed by atoms with E-state index in [9.17, 15) is 0 Å². The highest BCUT2D eigenvalue weighted by atomic mass is 16.5. The van der Waals surface area contributed by atoms with Crippen molar-refractivity contribution in [2.24, 2.45) is 0 Å². The van der Waals surface area contributed by atoms with E-state index in [4.69, 9.17) is 14.2 Å². The number of hydrogen-bond donors (Lipinski definition) is 3. The van der Waals surface area contributed by atoms with Crippen LogP contribution < -0.4 is 19.5 Å². The summed E-state index contributed by atoms with van der Waals surface area (Å²) in [5.74, 6) is 3.10. The lowest BCUT2D eigenvalue weighted by Gasteiger charge is -2.09. The number of benzene rings is 3. The van der Waals surface area contributed by atoms with Gasteiger partial charge in [-0.05, 0) is 41.3 Å². The van der Waals surface area contributed by atoms with E-state index in [2.05, 4.69) is 33.7 Å². The van der Waals surface area contributed by atoms with Gasteiger partial charge in [-0.25, -0.2) is 0 Å². The standard InChI is InChI=1S/C25H23N3O3/c1-29-22-12-17-11-21-24(20(17)14-23(22)30-2)27-28-25(21)26-18-9-6-10-19(13-18)31-15-16-7-4-3-5-8-16/h3-14,26-28H,15H2,1-2H3. The van der Waals surface area contributed by atoms with Gasteiger partial charge >= 0.3 is 0 Å². The normalized spacial score (nSPS) is 11.0. The zero-order valence-electron chi connectivity index (χ0n) is 17.4. The maximum Gasteiger partial charge on any atom is 0.161 e. The van der Waals surface area contributed by atoms with Gasteiger partial charge in [0.25, 0.3) is 0 Å². The van der Waals surface area contributed by atoms with Crippen LogP contribution in [0.15, 0.2) is 72.8 Å². The fourth-order valence-corrected chi connectivity index (χ4v) is 3.78. The number of hydrogen-bond acceptors (Lipinski definition) is 4. The first kappa shape index (κ1) is 18.9. The summed E-state index contributed by atoms with van der Waals surface area (Å²) >= 11 is 0. The smallest absolute Gasteiger partial charge is 0.161 e. The number of anilines is 2. The quantitative estimate of drug-likeness (QED) is 0.309. The van der Waals surface area contributed by atoms with Crippen LogP contribution in [0.4, 0.5) is 11.5 Å². The predicted molar refractivity (Wildman–Crippen MR) is 123 cm³/mol. The molecule has 1 aliphatic heterocycles. The highest BCUT2D eigenvalue weighted by Gasteiger charge is 2.19. The minimum absolute atomic E-state index is 0.530. The highest BCUT2D eigenvalue weighted by molar-refractivity contribution is 6.05. The largest absolute Gasteiger partial charge is 0.493 e. The van der Waals surface area contributed by atoms with Gasteiger partial charge in [-0.2, -0.15) is 0 Å². The lowest BCUT2D eigenvalue weighted by atomic mass is 10.2. The molecule has 1 heterocycles. The molecule has 0 saturated heterocycles. The van der Waals surface area contributed by atoms with Gasteiger partial charge in [0.1, 0.15) is 18.2 Å². The molecule has 3 aromatic rings. The Morgan fingerprint density at radius 2 is 1.61 bits per heavy atom. The molecule has 156 valence electrons. The minimum atomic E-state index is 0.530. The maximum absolute atomic E-state index is 5.95. The molecular formula is C25H23N3O3. The Kier molecular flexibility index (Phi) is 4.88. The van der Waals surface area contributed by atoms with Gasteiger partial charge in [0.2, 0.25) is 0 Å². The summed E-state index contributed by atoms with van der Waals surface area (Å²) in [7, 11) is 3.29. The maximum atomic E-state index is 5.95. The van der Waals surface area contributed by atoms with Crippen LogP contribution in [0.1, 0.15) is 5.56 Å². The summed E-state index contributed by atoms with van der Waals surface area (Å²) in [6, 6.07) is 24.2. The van der Waals surface area contributed by atoms with Crippen molar-refractivity contribution in [3.05, 3.63) is 78.4 Å². The zero-order valence-corrected chi connectivity index (χ0v) is 17.4. The Hall–Kier alpha value is -4.06. The van der Waals surface area contributed by atoms with Crippen molar-refractivity contribution in [1.82, 2.24) is 10.2 Å². The van der Waals surface area contributed by atoms with Gasteiger partial charge in [-0.3, -0.25) is 10.2 Å². The summed E-state index contributed by atoms with van der Waals surface area (Å²) in [5.41, 5.74) is 4.13. The minimum Gasteiger partial charge on any atom is -0.493 e. The summed E-state index contributed by atoms with van der Waals surface area (Å²) < 4.78 is 16.8. The Morgan fingerprint density at radius 3 is 2.42 bits per heavy atom. The first-order chi connectivity index (χ1) is 15.2. The summed E-state index contributed by atoms with van der Waals surface area (Å²) in [4.78, 5) is 0. The van der Waals surface area contributed by atoms with Crippen LogP contribution in [-0.4, -0.2) is 24.4 Å². The number of ether oxygens (including phenoxy) is 3. The Labute approximate surface area is 180 Å². The van der Waals surface area contributed by atoms with Gasteiger partial charge in [0.15, 0.2) is 11.5 Å². The van der Waals surface area contributed by atoms with E-state index in [1.165, 1.54) is 0 Å². The second kappa shape index (κ2) is 7.99. The van der Waals surface area contributed by atoms with E-state index >= 15 is 0 Å². The molecule has 3 aromatic carbocycles. The van der Waals surface area contributed by atoms with Gasteiger partial charge in [0.05, 0.1) is 19.9 Å². The number of nitrogens with one attached hydrogen (secondary N) is 3. The van der Waals surface area contributed by atoms with E-state index in [1.807, 2.05) is 54.6 Å². The Balaban J connectivity index is 1.39. The van der Waals surface area contributed by atoms with E-state index < -0.39 is 0 Å². The zero-order chi connectivity index (χ0) is 21.2. The van der Waals surface area contributed by atoms with Gasteiger partial charge < -0.3 is 19.5 Å². The molecule has 2 aliphatic rings. The lowest BCUT2D eigenvalue weighted by Crippen LogP contribution is -1.96. The van der Waals surface area contributed by atoms with Crippen molar-refractivity contribution in [2.75, 3.05) is 19.5 Å². The highest BCUT2D eigenvalue weighted by Crippen LogP contribution is 2.42. The SMILES string of the molecule is COc1cc2cc3c(Nc4cccc(OCc5ccccc5)c4)[nH][nH]c-3c2cc1OC. The molecule has 31 heavy (non-hydrogen) atoms. The monoisotopic (exact) mass is 413 g/mol. The molecule has 6 nitrogen and oxygen atoms in total. The molecule has 0 fully saturated rings. The third-order valence-electron chi connectivity index (χ3n) is 5.33. The molecule has 0 atom stereocenters. The van der Waals surface area contributed by atoms with E-state index in [0.717, 1.165) is 44.8 Å². The fraction of sp³-hybridized carbons (Fsp3) is 0.120. The topological polar surface area (TPSA) is 71.3 Å². The number of H-pyrrole nitrogens is 2. The summed E-state index contributed by atoms with van der Waals surface area (Å²) in [5, 5.41) is 12.1. The molecule has 0 unspecified atom stereocenters. The van der Waals surface area contributed by atoms with Crippen LogP contribution in [0.5, 0.6) is 17.2 Å². The molecule has 0 bridgehead atoms. The molecule has 6 heteroatoms. The number of fused-ring (bicyclic) bond motifs is 3. The van der Waals surface area contributed by atoms with Crippen LogP contribution in [0.2, 0.25) is 0 Å². The molecule has 1 aliphatic carbocycles. The molecule has 0 radical (unpaired) electrons. The van der Waals surface area contributed by atoms with Crippen LogP contribution >= 0.6 is 0 Å². The van der Waals surface area contributed by atoms with Crippen LogP contribution in [0, 0.1) is 0 Å². The van der Waals surface area contributed by atoms with Crippen LogP contribution in [0.25, 0.3) is 22.0 Å². The van der Waals surface area contributed by atoms with Gasteiger partial charge in [-0.15, -0.1) is 0 Å². The van der Waals surface area contributed by atoms with Gasteiger partial charge in [0, 0.05) is 22.7 Å². The van der Waals surface area contributed by atoms with E-state index in [-0.39, 0.29) is 0 Å². The first-order valence-corrected chi connectivity index (χ1v) is 10.0. The average molecular weight is 413 g/mol. The van der Waals surface area contributed by atoms with Gasteiger partial charge in [-0.1, -0.05) is 36.4 Å². The molecule has 5 rings (SSSR count). The molecule has 0 saturated carbocycles. The predicted octanol–water partition coefficient (Wildman–Crippen LogP) is 5.94. The molecular weight excluding hydrogens is 390 g/mol. The Bertz CT molecular complexity index is 1290. The fourth-order valence-electron chi connectivity index (χ4n) is 3.78. The number of rotatable bonds is 7. The average Bonchev–Trinajstić information content (AvgIpc) is 3.37.